The van der Waals surface area contributed by atoms with Crippen molar-refractivity contribution in [1.29, 1.82) is 0 Å². The Morgan fingerprint density at radius 1 is 1.06 bits per heavy atom. The molecule has 0 aromatic rings. The Morgan fingerprint density at radius 2 is 1.53 bits per heavy atom. The van der Waals surface area contributed by atoms with Gasteiger partial charge in [-0.25, -0.2) is 0 Å². The molecule has 0 bridgehead atoms. The van der Waals surface area contributed by atoms with Gasteiger partial charge in [0.1, 0.15) is 0 Å². The average molecular weight is 236 g/mol. The van der Waals surface area contributed by atoms with Gasteiger partial charge in [0, 0.05) is 0 Å². The summed E-state index contributed by atoms with van der Waals surface area (Å²) in [7, 11) is 0. The van der Waals surface area contributed by atoms with Gasteiger partial charge < -0.3 is 0 Å². The van der Waals surface area contributed by atoms with Crippen LogP contribution in [-0.2, 0) is 0 Å². The predicted molar refractivity (Wildman–Crippen MR) is 80.3 cm³/mol. The molecule has 0 radical (unpaired) electrons. The molecule has 1 aliphatic rings. The highest BCUT2D eigenvalue weighted by molar-refractivity contribution is 5.27. The second-order valence-electron chi connectivity index (χ2n) is 6.21. The molecule has 0 N–H and O–H groups in total. The largest absolute Gasteiger partial charge is 0.0839 e. The molecule has 1 fully saturated rings. The summed E-state index contributed by atoms with van der Waals surface area (Å²) in [4.78, 5) is 0. The molecule has 0 amide bonds. The van der Waals surface area contributed by atoms with E-state index < -0.39 is 0 Å². The molecular weight excluding hydrogens is 204 g/mol. The Morgan fingerprint density at radius 3 is 1.88 bits per heavy atom. The highest BCUT2D eigenvalue weighted by Crippen LogP contribution is 2.44. The van der Waals surface area contributed by atoms with Crippen LogP contribution < -0.4 is 0 Å². The Kier molecular flexibility index (Phi) is 6.82. The molecule has 0 atom stereocenters. The third kappa shape index (κ3) is 5.57. The van der Waals surface area contributed by atoms with E-state index in [0.29, 0.717) is 10.8 Å². The molecule has 1 rings (SSSR count). The summed E-state index contributed by atoms with van der Waals surface area (Å²) < 4.78 is 0. The maximum atomic E-state index is 2.42. The third-order valence-electron chi connectivity index (χ3n) is 3.48. The van der Waals surface area contributed by atoms with Gasteiger partial charge in [-0.1, -0.05) is 72.6 Å². The van der Waals surface area contributed by atoms with Gasteiger partial charge in [0.15, 0.2) is 0 Å². The molecule has 0 unspecified atom stereocenters. The number of hydrogen-bond acceptors (Lipinski definition) is 0. The third-order valence-corrected chi connectivity index (χ3v) is 3.48. The van der Waals surface area contributed by atoms with E-state index in [1.165, 1.54) is 31.3 Å². The lowest BCUT2D eigenvalue weighted by atomic mass is 9.79. The quantitative estimate of drug-likeness (QED) is 0.505. The van der Waals surface area contributed by atoms with E-state index >= 15 is 0 Å². The highest BCUT2D eigenvalue weighted by Gasteiger charge is 2.30. The summed E-state index contributed by atoms with van der Waals surface area (Å²) in [5, 5.41) is 0. The molecule has 17 heavy (non-hydrogen) atoms. The number of rotatable bonds is 2. The second kappa shape index (κ2) is 7.03. The average Bonchev–Trinajstić information content (AvgIpc) is 2.68. The predicted octanol–water partition coefficient (Wildman–Crippen LogP) is 6.14. The first-order chi connectivity index (χ1) is 7.87. The monoisotopic (exact) mass is 236 g/mol. The van der Waals surface area contributed by atoms with Crippen LogP contribution in [0.1, 0.15) is 74.1 Å². The number of hydrogen-bond donors (Lipinski definition) is 0. The highest BCUT2D eigenvalue weighted by atomic mass is 14.4. The van der Waals surface area contributed by atoms with Crippen molar-refractivity contribution in [1.82, 2.24) is 0 Å². The summed E-state index contributed by atoms with van der Waals surface area (Å²) in [6.45, 7) is 15.4. The van der Waals surface area contributed by atoms with Crippen LogP contribution in [0.25, 0.3) is 0 Å². The lowest BCUT2D eigenvalue weighted by molar-refractivity contribution is 0.422. The molecule has 0 nitrogen and oxygen atoms in total. The maximum Gasteiger partial charge on any atom is -0.00786 e. The zero-order chi connectivity index (χ0) is 13.5. The van der Waals surface area contributed by atoms with Crippen LogP contribution in [0.4, 0.5) is 0 Å². The molecule has 100 valence electrons. The van der Waals surface area contributed by atoms with Crippen LogP contribution >= 0.6 is 0 Å². The van der Waals surface area contributed by atoms with Gasteiger partial charge >= 0.3 is 0 Å². The van der Waals surface area contributed by atoms with E-state index in [9.17, 15) is 0 Å². The zero-order valence-corrected chi connectivity index (χ0v) is 13.1. The summed E-state index contributed by atoms with van der Waals surface area (Å²) in [5.41, 5.74) is 2.29. The Labute approximate surface area is 109 Å². The van der Waals surface area contributed by atoms with Crippen LogP contribution in [0.5, 0.6) is 0 Å². The molecule has 0 heteroatoms. The topological polar surface area (TPSA) is 0 Å². The van der Waals surface area contributed by atoms with Gasteiger partial charge in [0.2, 0.25) is 0 Å². The van der Waals surface area contributed by atoms with Gasteiger partial charge in [-0.05, 0) is 36.2 Å². The van der Waals surface area contributed by atoms with Crippen molar-refractivity contribution in [3.8, 4) is 0 Å². The van der Waals surface area contributed by atoms with E-state index in [-0.39, 0.29) is 0 Å². The van der Waals surface area contributed by atoms with E-state index in [2.05, 4.69) is 52.8 Å². The molecule has 1 saturated carbocycles. The normalized spacial score (nSPS) is 20.3. The van der Waals surface area contributed by atoms with E-state index in [1.54, 1.807) is 0 Å². The minimum Gasteiger partial charge on any atom is -0.0839 e. The fourth-order valence-electron chi connectivity index (χ4n) is 2.43. The van der Waals surface area contributed by atoms with Crippen LogP contribution in [-0.4, -0.2) is 0 Å². The first-order valence-corrected chi connectivity index (χ1v) is 7.23. The molecule has 0 saturated heterocycles. The summed E-state index contributed by atoms with van der Waals surface area (Å²) >= 11 is 0. The molecule has 0 aliphatic heterocycles. The van der Waals surface area contributed by atoms with Gasteiger partial charge in [-0.2, -0.15) is 0 Å². The van der Waals surface area contributed by atoms with Gasteiger partial charge in [-0.15, -0.1) is 0 Å². The summed E-state index contributed by atoms with van der Waals surface area (Å²) in [6, 6.07) is 0. The fraction of sp³-hybridized carbons (Fsp3) is 0.765. The van der Waals surface area contributed by atoms with Gasteiger partial charge in [-0.3, -0.25) is 0 Å². The lowest BCUT2D eigenvalue weighted by Crippen LogP contribution is -2.13. The first-order valence-electron chi connectivity index (χ1n) is 7.23. The molecule has 1 aliphatic carbocycles. The SMILES string of the molecule is C/C=C(\C=C/C(C)(C)C)C1(C)CCCC1.CC. The van der Waals surface area contributed by atoms with E-state index in [4.69, 9.17) is 0 Å². The van der Waals surface area contributed by atoms with Crippen molar-refractivity contribution >= 4 is 0 Å². The van der Waals surface area contributed by atoms with Crippen molar-refractivity contribution in [3.05, 3.63) is 23.8 Å². The second-order valence-corrected chi connectivity index (χ2v) is 6.21. The van der Waals surface area contributed by atoms with Crippen LogP contribution in [0.2, 0.25) is 0 Å². The first kappa shape index (κ1) is 16.5. The summed E-state index contributed by atoms with van der Waals surface area (Å²) in [5.74, 6) is 0. The van der Waals surface area contributed by atoms with Crippen molar-refractivity contribution in [2.24, 2.45) is 10.8 Å². The zero-order valence-electron chi connectivity index (χ0n) is 13.1. The lowest BCUT2D eigenvalue weighted by Gasteiger charge is -2.26. The Balaban J connectivity index is 0.00000121. The smallest absolute Gasteiger partial charge is 0.00786 e. The Bertz CT molecular complexity index is 254. The molecule has 0 spiro atoms. The minimum absolute atomic E-state index is 0.295. The fourth-order valence-corrected chi connectivity index (χ4v) is 2.43. The van der Waals surface area contributed by atoms with E-state index in [0.717, 1.165) is 0 Å². The summed E-state index contributed by atoms with van der Waals surface area (Å²) in [6.07, 6.45) is 12.5. The van der Waals surface area contributed by atoms with Gasteiger partial charge in [0.05, 0.1) is 0 Å². The van der Waals surface area contributed by atoms with E-state index in [1.807, 2.05) is 13.8 Å². The molecule has 0 aromatic heterocycles. The maximum absolute atomic E-state index is 2.42. The Hall–Kier alpha value is -0.520. The van der Waals surface area contributed by atoms with Crippen molar-refractivity contribution in [3.63, 3.8) is 0 Å². The standard InChI is InChI=1S/C15H26.C2H6/c1-6-13(9-12-14(2,3)4)15(5)10-7-8-11-15;1-2/h6,9,12H,7-8,10-11H2,1-5H3;1-2H3/b12-9-,13-6+;. The van der Waals surface area contributed by atoms with Crippen LogP contribution in [0, 0.1) is 10.8 Å². The molecule has 0 aromatic carbocycles. The minimum atomic E-state index is 0.295. The number of allylic oxidation sites excluding steroid dienone is 4. The van der Waals surface area contributed by atoms with Gasteiger partial charge in [0.25, 0.3) is 0 Å². The molecule has 0 heterocycles. The van der Waals surface area contributed by atoms with Crippen LogP contribution in [0.15, 0.2) is 23.8 Å². The van der Waals surface area contributed by atoms with Crippen LogP contribution in [0.3, 0.4) is 0 Å². The molecular formula is C17H32. The van der Waals surface area contributed by atoms with Crippen molar-refractivity contribution < 1.29 is 0 Å². The van der Waals surface area contributed by atoms with Crippen molar-refractivity contribution in [2.45, 2.75) is 74.1 Å². The van der Waals surface area contributed by atoms with Crippen molar-refractivity contribution in [2.75, 3.05) is 0 Å².